The fraction of sp³-hybridized carbons (Fsp3) is 0.556. The SMILES string of the molecule is CCOC(=O)[C@H](Cc1ccc(OCC)cc1)NC(=O)OC(C)(C)C. The van der Waals surface area contributed by atoms with Crippen molar-refractivity contribution in [3.63, 3.8) is 0 Å². The summed E-state index contributed by atoms with van der Waals surface area (Å²) < 4.78 is 15.6. The Kier molecular flexibility index (Phi) is 7.55. The lowest BCUT2D eigenvalue weighted by Crippen LogP contribution is -2.45. The van der Waals surface area contributed by atoms with Crippen LogP contribution in [-0.2, 0) is 20.7 Å². The van der Waals surface area contributed by atoms with E-state index < -0.39 is 23.7 Å². The van der Waals surface area contributed by atoms with E-state index in [0.717, 1.165) is 11.3 Å². The number of rotatable bonds is 7. The van der Waals surface area contributed by atoms with E-state index in [2.05, 4.69) is 5.32 Å². The Bertz CT molecular complexity index is 533. The molecule has 0 radical (unpaired) electrons. The van der Waals surface area contributed by atoms with Crippen LogP contribution in [0.5, 0.6) is 5.75 Å². The van der Waals surface area contributed by atoms with Crippen molar-refractivity contribution < 1.29 is 23.8 Å². The zero-order chi connectivity index (χ0) is 18.2. The van der Waals surface area contributed by atoms with E-state index in [1.807, 2.05) is 31.2 Å². The Morgan fingerprint density at radius 1 is 1.08 bits per heavy atom. The van der Waals surface area contributed by atoms with Crippen molar-refractivity contribution >= 4 is 12.1 Å². The van der Waals surface area contributed by atoms with Gasteiger partial charge in [-0.15, -0.1) is 0 Å². The first-order valence-corrected chi connectivity index (χ1v) is 8.13. The topological polar surface area (TPSA) is 73.9 Å². The molecule has 1 amide bonds. The first kappa shape index (κ1) is 19.8. The van der Waals surface area contributed by atoms with Crippen LogP contribution in [0, 0.1) is 0 Å². The molecule has 0 aromatic heterocycles. The number of ether oxygens (including phenoxy) is 3. The second kappa shape index (κ2) is 9.15. The third-order valence-corrected chi connectivity index (χ3v) is 2.94. The highest BCUT2D eigenvalue weighted by atomic mass is 16.6. The molecule has 1 rings (SSSR count). The van der Waals surface area contributed by atoms with Gasteiger partial charge in [-0.2, -0.15) is 0 Å². The van der Waals surface area contributed by atoms with Gasteiger partial charge in [0.05, 0.1) is 13.2 Å². The van der Waals surface area contributed by atoms with Gasteiger partial charge >= 0.3 is 12.1 Å². The van der Waals surface area contributed by atoms with E-state index in [1.165, 1.54) is 0 Å². The van der Waals surface area contributed by atoms with Crippen LogP contribution < -0.4 is 10.1 Å². The summed E-state index contributed by atoms with van der Waals surface area (Å²) in [4.78, 5) is 24.0. The molecule has 134 valence electrons. The molecule has 0 heterocycles. The Hall–Kier alpha value is -2.24. The van der Waals surface area contributed by atoms with Gasteiger partial charge in [-0.1, -0.05) is 12.1 Å². The summed E-state index contributed by atoms with van der Waals surface area (Å²) in [6.07, 6.45) is -0.337. The molecule has 6 heteroatoms. The molecule has 0 aliphatic carbocycles. The molecule has 1 atom stereocenters. The molecule has 0 aliphatic rings. The average molecular weight is 337 g/mol. The van der Waals surface area contributed by atoms with Crippen LogP contribution in [0.2, 0.25) is 0 Å². The highest BCUT2D eigenvalue weighted by molar-refractivity contribution is 5.81. The maximum Gasteiger partial charge on any atom is 0.408 e. The smallest absolute Gasteiger partial charge is 0.408 e. The molecule has 24 heavy (non-hydrogen) atoms. The molecule has 0 fully saturated rings. The lowest BCUT2D eigenvalue weighted by atomic mass is 10.1. The van der Waals surface area contributed by atoms with E-state index in [4.69, 9.17) is 14.2 Å². The number of nitrogens with one attached hydrogen (secondary N) is 1. The summed E-state index contributed by atoms with van der Waals surface area (Å²) >= 11 is 0. The van der Waals surface area contributed by atoms with Crippen molar-refractivity contribution in [3.8, 4) is 5.75 Å². The monoisotopic (exact) mass is 337 g/mol. The minimum atomic E-state index is -0.808. The van der Waals surface area contributed by atoms with Gasteiger partial charge in [-0.25, -0.2) is 9.59 Å². The molecule has 0 spiro atoms. The lowest BCUT2D eigenvalue weighted by Gasteiger charge is -2.23. The van der Waals surface area contributed by atoms with E-state index in [0.29, 0.717) is 13.0 Å². The summed E-state index contributed by atoms with van der Waals surface area (Å²) in [7, 11) is 0. The summed E-state index contributed by atoms with van der Waals surface area (Å²) in [5.74, 6) is 0.270. The fourth-order valence-corrected chi connectivity index (χ4v) is 2.01. The number of esters is 1. The summed E-state index contributed by atoms with van der Waals surface area (Å²) in [5.41, 5.74) is 0.246. The van der Waals surface area contributed by atoms with Crippen LogP contribution in [0.4, 0.5) is 4.79 Å². The molecule has 1 aromatic rings. The highest BCUT2D eigenvalue weighted by Crippen LogP contribution is 2.14. The van der Waals surface area contributed by atoms with Crippen LogP contribution in [0.1, 0.15) is 40.2 Å². The molecule has 6 nitrogen and oxygen atoms in total. The van der Waals surface area contributed by atoms with Crippen LogP contribution in [0.3, 0.4) is 0 Å². The first-order chi connectivity index (χ1) is 11.2. The standard InChI is InChI=1S/C18H27NO5/c1-6-22-14-10-8-13(9-11-14)12-15(16(20)23-7-2)19-17(21)24-18(3,4)5/h8-11,15H,6-7,12H2,1-5H3,(H,19,21)/t15-/m0/s1. The van der Waals surface area contributed by atoms with Gasteiger partial charge < -0.3 is 19.5 Å². The predicted molar refractivity (Wildman–Crippen MR) is 91.1 cm³/mol. The molecule has 0 aliphatic heterocycles. The zero-order valence-corrected chi connectivity index (χ0v) is 15.0. The van der Waals surface area contributed by atoms with Crippen molar-refractivity contribution in [2.45, 2.75) is 52.7 Å². The second-order valence-corrected chi connectivity index (χ2v) is 6.23. The second-order valence-electron chi connectivity index (χ2n) is 6.23. The molecule has 0 saturated carbocycles. The maximum absolute atomic E-state index is 12.1. The van der Waals surface area contributed by atoms with Crippen molar-refractivity contribution in [3.05, 3.63) is 29.8 Å². The number of carbonyl (C=O) groups is 2. The molecule has 1 N–H and O–H groups in total. The van der Waals surface area contributed by atoms with Gasteiger partial charge in [0.2, 0.25) is 0 Å². The predicted octanol–water partition coefficient (Wildman–Crippen LogP) is 3.08. The number of benzene rings is 1. The Morgan fingerprint density at radius 2 is 1.71 bits per heavy atom. The van der Waals surface area contributed by atoms with Crippen LogP contribution in [0.25, 0.3) is 0 Å². The first-order valence-electron chi connectivity index (χ1n) is 8.13. The van der Waals surface area contributed by atoms with Crippen LogP contribution in [-0.4, -0.2) is 36.9 Å². The Labute approximate surface area is 143 Å². The van der Waals surface area contributed by atoms with E-state index in [1.54, 1.807) is 27.7 Å². The van der Waals surface area contributed by atoms with Crippen molar-refractivity contribution in [1.29, 1.82) is 0 Å². The third kappa shape index (κ3) is 7.35. The van der Waals surface area contributed by atoms with E-state index >= 15 is 0 Å². The zero-order valence-electron chi connectivity index (χ0n) is 15.0. The Morgan fingerprint density at radius 3 is 2.21 bits per heavy atom. The van der Waals surface area contributed by atoms with Gasteiger partial charge in [-0.05, 0) is 52.3 Å². The summed E-state index contributed by atoms with van der Waals surface area (Å²) in [6.45, 7) is 9.75. The number of carbonyl (C=O) groups excluding carboxylic acids is 2. The van der Waals surface area contributed by atoms with Gasteiger partial charge in [0.1, 0.15) is 17.4 Å². The minimum absolute atomic E-state index is 0.245. The lowest BCUT2D eigenvalue weighted by molar-refractivity contribution is -0.145. The maximum atomic E-state index is 12.1. The van der Waals surface area contributed by atoms with E-state index in [-0.39, 0.29) is 6.61 Å². The molecule has 0 unspecified atom stereocenters. The van der Waals surface area contributed by atoms with Gasteiger partial charge in [-0.3, -0.25) is 0 Å². The molecule has 0 saturated heterocycles. The molecule has 0 bridgehead atoms. The van der Waals surface area contributed by atoms with Gasteiger partial charge in [0.15, 0.2) is 0 Å². The number of amides is 1. The fourth-order valence-electron chi connectivity index (χ4n) is 2.01. The normalized spacial score (nSPS) is 12.2. The summed E-state index contributed by atoms with van der Waals surface area (Å²) in [5, 5.41) is 2.58. The van der Waals surface area contributed by atoms with Crippen molar-refractivity contribution in [2.75, 3.05) is 13.2 Å². The van der Waals surface area contributed by atoms with Gasteiger partial charge in [0.25, 0.3) is 0 Å². The molecule has 1 aromatic carbocycles. The number of alkyl carbamates (subject to hydrolysis) is 1. The number of hydrogen-bond donors (Lipinski definition) is 1. The van der Waals surface area contributed by atoms with Gasteiger partial charge in [0, 0.05) is 6.42 Å². The highest BCUT2D eigenvalue weighted by Gasteiger charge is 2.25. The Balaban J connectivity index is 2.78. The third-order valence-electron chi connectivity index (χ3n) is 2.94. The van der Waals surface area contributed by atoms with Crippen molar-refractivity contribution in [1.82, 2.24) is 5.32 Å². The number of hydrogen-bond acceptors (Lipinski definition) is 5. The van der Waals surface area contributed by atoms with E-state index in [9.17, 15) is 9.59 Å². The van der Waals surface area contributed by atoms with Crippen molar-refractivity contribution in [2.24, 2.45) is 0 Å². The largest absolute Gasteiger partial charge is 0.494 e. The molecular formula is C18H27NO5. The average Bonchev–Trinajstić information content (AvgIpc) is 2.47. The quantitative estimate of drug-likeness (QED) is 0.774. The minimum Gasteiger partial charge on any atom is -0.494 e. The summed E-state index contributed by atoms with van der Waals surface area (Å²) in [6, 6.07) is 6.56. The van der Waals surface area contributed by atoms with Crippen LogP contribution >= 0.6 is 0 Å². The van der Waals surface area contributed by atoms with Crippen LogP contribution in [0.15, 0.2) is 24.3 Å². The molecular weight excluding hydrogens is 310 g/mol.